The maximum atomic E-state index is 12.9. The number of carbonyl (C=O) groups excluding carboxylic acids is 2. The lowest BCUT2D eigenvalue weighted by molar-refractivity contribution is -0.123. The van der Waals surface area contributed by atoms with Gasteiger partial charge in [-0.3, -0.25) is 9.59 Å². The highest BCUT2D eigenvalue weighted by Gasteiger charge is 2.35. The average Bonchev–Trinajstić information content (AvgIpc) is 2.97. The molecule has 6 nitrogen and oxygen atoms in total. The van der Waals surface area contributed by atoms with Crippen LogP contribution in [0.3, 0.4) is 0 Å². The van der Waals surface area contributed by atoms with Crippen LogP contribution in [0, 0.1) is 12.3 Å². The van der Waals surface area contributed by atoms with Gasteiger partial charge >= 0.3 is 0 Å². The van der Waals surface area contributed by atoms with Crippen molar-refractivity contribution >= 4 is 28.2 Å². The fourth-order valence-corrected chi connectivity index (χ4v) is 3.67. The smallest absolute Gasteiger partial charge is 0.257 e. The Bertz CT molecular complexity index is 879. The summed E-state index contributed by atoms with van der Waals surface area (Å²) in [5.41, 5.74) is 0.0184. The van der Waals surface area contributed by atoms with Crippen LogP contribution in [0.2, 0.25) is 0 Å². The number of amides is 2. The van der Waals surface area contributed by atoms with Gasteiger partial charge in [0.15, 0.2) is 0 Å². The van der Waals surface area contributed by atoms with Crippen LogP contribution in [0.25, 0.3) is 0 Å². The van der Waals surface area contributed by atoms with Crippen molar-refractivity contribution in [2.75, 3.05) is 25.5 Å². The number of nitrogens with zero attached hydrogens (tertiary/aromatic N) is 1. The summed E-state index contributed by atoms with van der Waals surface area (Å²) in [4.78, 5) is 27.9. The lowest BCUT2D eigenvalue weighted by Crippen LogP contribution is -2.56. The minimum atomic E-state index is -0.523. The molecule has 1 aliphatic rings. The van der Waals surface area contributed by atoms with Gasteiger partial charge in [-0.2, -0.15) is 0 Å². The van der Waals surface area contributed by atoms with Gasteiger partial charge in [0.2, 0.25) is 5.91 Å². The largest absolute Gasteiger partial charge is 0.497 e. The number of ether oxygens (including phenoxy) is 2. The molecule has 0 atom stereocenters. The van der Waals surface area contributed by atoms with Crippen LogP contribution in [0.4, 0.5) is 5.00 Å². The number of likely N-dealkylation sites (tertiary alicyclic amines) is 1. The van der Waals surface area contributed by atoms with E-state index >= 15 is 0 Å². The van der Waals surface area contributed by atoms with Crippen LogP contribution in [0.1, 0.15) is 36.0 Å². The number of aryl methyl sites for hydroxylation is 1. The summed E-state index contributed by atoms with van der Waals surface area (Å²) >= 11 is 1.42. The molecule has 1 aliphatic heterocycles. The zero-order valence-corrected chi connectivity index (χ0v) is 17.7. The molecule has 28 heavy (non-hydrogen) atoms. The highest BCUT2D eigenvalue weighted by Crippen LogP contribution is 2.32. The number of anilines is 1. The van der Waals surface area contributed by atoms with Crippen LogP contribution in [0.15, 0.2) is 30.3 Å². The molecule has 1 aromatic heterocycles. The fourth-order valence-electron chi connectivity index (χ4n) is 2.77. The first-order chi connectivity index (χ1) is 13.2. The Kier molecular flexibility index (Phi) is 5.65. The fraction of sp³-hybridized carbons (Fsp3) is 0.429. The molecule has 0 spiro atoms. The van der Waals surface area contributed by atoms with Crippen molar-refractivity contribution < 1.29 is 19.1 Å². The van der Waals surface area contributed by atoms with Crippen LogP contribution in [0.5, 0.6) is 11.5 Å². The summed E-state index contributed by atoms with van der Waals surface area (Å²) in [5, 5.41) is 3.52. The number of hydrogen-bond acceptors (Lipinski definition) is 5. The van der Waals surface area contributed by atoms with E-state index in [1.165, 1.54) is 11.3 Å². The summed E-state index contributed by atoms with van der Waals surface area (Å²) < 4.78 is 11.1. The maximum Gasteiger partial charge on any atom is 0.257 e. The lowest BCUT2D eigenvalue weighted by atomic mass is 9.96. The van der Waals surface area contributed by atoms with Gasteiger partial charge in [0.1, 0.15) is 22.6 Å². The van der Waals surface area contributed by atoms with Gasteiger partial charge in [-0.15, -0.1) is 11.3 Å². The van der Waals surface area contributed by atoms with E-state index in [0.29, 0.717) is 23.7 Å². The van der Waals surface area contributed by atoms with Gasteiger partial charge in [0, 0.05) is 16.4 Å². The number of methoxy groups -OCH3 is 1. The molecule has 3 rings (SSSR count). The van der Waals surface area contributed by atoms with Crippen LogP contribution < -0.4 is 14.8 Å². The monoisotopic (exact) mass is 402 g/mol. The topological polar surface area (TPSA) is 67.9 Å². The normalized spacial score (nSPS) is 14.4. The van der Waals surface area contributed by atoms with Gasteiger partial charge < -0.3 is 19.7 Å². The maximum absolute atomic E-state index is 12.9. The number of thiophene rings is 1. The van der Waals surface area contributed by atoms with Gasteiger partial charge in [0.05, 0.1) is 25.8 Å². The number of nitrogens with one attached hydrogen (secondary N) is 1. The predicted molar refractivity (Wildman–Crippen MR) is 110 cm³/mol. The molecule has 1 saturated heterocycles. The van der Waals surface area contributed by atoms with Gasteiger partial charge in [-0.05, 0) is 25.1 Å². The standard InChI is InChI=1S/C21H26N2O4S/c1-13-9-17(18(28-13)22-20(25)21(2,3)4)19(24)23-11-16(12-23)27-15-8-6-7-14(10-15)26-5/h6-10,16H,11-12H2,1-5H3,(H,22,25). The summed E-state index contributed by atoms with van der Waals surface area (Å²) in [6.45, 7) is 8.49. The molecule has 0 unspecified atom stereocenters. The Balaban J connectivity index is 1.62. The van der Waals surface area contributed by atoms with Crippen molar-refractivity contribution in [3.8, 4) is 11.5 Å². The summed E-state index contributed by atoms with van der Waals surface area (Å²) in [5.74, 6) is 1.27. The average molecular weight is 403 g/mol. The Labute approximate surface area is 169 Å². The van der Waals surface area contributed by atoms with Crippen LogP contribution in [-0.2, 0) is 4.79 Å². The Morgan fingerprint density at radius 1 is 1.18 bits per heavy atom. The van der Waals surface area contributed by atoms with E-state index in [1.807, 2.05) is 58.0 Å². The molecule has 0 bridgehead atoms. The first kappa shape index (κ1) is 20.2. The minimum absolute atomic E-state index is 0.0524. The number of rotatable bonds is 5. The summed E-state index contributed by atoms with van der Waals surface area (Å²) in [6, 6.07) is 9.26. The first-order valence-corrected chi connectivity index (χ1v) is 10.0. The molecule has 1 N–H and O–H groups in total. The minimum Gasteiger partial charge on any atom is -0.497 e. The molecule has 2 aromatic rings. The van der Waals surface area contributed by atoms with Crippen molar-refractivity contribution in [1.82, 2.24) is 4.90 Å². The second kappa shape index (κ2) is 7.83. The molecule has 1 aromatic carbocycles. The number of carbonyl (C=O) groups is 2. The van der Waals surface area contributed by atoms with Crippen LogP contribution >= 0.6 is 11.3 Å². The van der Waals surface area contributed by atoms with Crippen molar-refractivity contribution in [3.63, 3.8) is 0 Å². The molecule has 1 fully saturated rings. The van der Waals surface area contributed by atoms with Crippen LogP contribution in [-0.4, -0.2) is 43.0 Å². The predicted octanol–water partition coefficient (Wildman–Crippen LogP) is 3.95. The lowest BCUT2D eigenvalue weighted by Gasteiger charge is -2.39. The molecule has 0 saturated carbocycles. The highest BCUT2D eigenvalue weighted by atomic mass is 32.1. The van der Waals surface area contributed by atoms with Crippen molar-refractivity contribution in [2.45, 2.75) is 33.8 Å². The molecular weight excluding hydrogens is 376 g/mol. The zero-order valence-electron chi connectivity index (χ0n) is 16.9. The summed E-state index contributed by atoms with van der Waals surface area (Å²) in [6.07, 6.45) is -0.0524. The molecule has 0 aliphatic carbocycles. The van der Waals surface area contributed by atoms with E-state index in [9.17, 15) is 9.59 Å². The van der Waals surface area contributed by atoms with E-state index < -0.39 is 5.41 Å². The highest BCUT2D eigenvalue weighted by molar-refractivity contribution is 7.16. The zero-order chi connectivity index (χ0) is 20.5. The molecule has 150 valence electrons. The Hall–Kier alpha value is -2.54. The van der Waals surface area contributed by atoms with E-state index in [1.54, 1.807) is 12.0 Å². The Morgan fingerprint density at radius 3 is 2.50 bits per heavy atom. The molecule has 7 heteroatoms. The molecule has 2 amide bonds. The van der Waals surface area contributed by atoms with E-state index in [4.69, 9.17) is 9.47 Å². The van der Waals surface area contributed by atoms with Gasteiger partial charge in [0.25, 0.3) is 5.91 Å². The molecular formula is C21H26N2O4S. The van der Waals surface area contributed by atoms with Gasteiger partial charge in [-0.25, -0.2) is 0 Å². The Morgan fingerprint density at radius 2 is 1.86 bits per heavy atom. The van der Waals surface area contributed by atoms with Crippen molar-refractivity contribution in [2.24, 2.45) is 5.41 Å². The van der Waals surface area contributed by atoms with E-state index in [-0.39, 0.29) is 17.9 Å². The van der Waals surface area contributed by atoms with Crippen molar-refractivity contribution in [1.29, 1.82) is 0 Å². The summed E-state index contributed by atoms with van der Waals surface area (Å²) in [7, 11) is 1.61. The molecule has 0 radical (unpaired) electrons. The number of benzene rings is 1. The SMILES string of the molecule is COc1cccc(OC2CN(C(=O)c3cc(C)sc3NC(=O)C(C)(C)C)C2)c1. The third kappa shape index (κ3) is 4.47. The van der Waals surface area contributed by atoms with Crippen molar-refractivity contribution in [3.05, 3.63) is 40.8 Å². The first-order valence-electron chi connectivity index (χ1n) is 9.19. The molecule has 2 heterocycles. The second-order valence-corrected chi connectivity index (χ2v) is 9.19. The van der Waals surface area contributed by atoms with E-state index in [2.05, 4.69) is 5.32 Å². The number of hydrogen-bond donors (Lipinski definition) is 1. The third-order valence-corrected chi connectivity index (χ3v) is 5.44. The van der Waals surface area contributed by atoms with Gasteiger partial charge in [-0.1, -0.05) is 26.8 Å². The quantitative estimate of drug-likeness (QED) is 0.822. The van der Waals surface area contributed by atoms with E-state index in [0.717, 1.165) is 16.4 Å². The third-order valence-electron chi connectivity index (χ3n) is 4.47. The second-order valence-electron chi connectivity index (χ2n) is 7.93.